The number of carboxylic acid groups (broad SMARTS) is 1. The zero-order chi connectivity index (χ0) is 27.8. The summed E-state index contributed by atoms with van der Waals surface area (Å²) in [6, 6.07) is 3.81. The maximum atomic E-state index is 13.1. The number of nitrogens with one attached hydrogen (secondary N) is 3. The highest BCUT2D eigenvalue weighted by Crippen LogP contribution is 2.20. The van der Waals surface area contributed by atoms with Crippen molar-refractivity contribution in [2.75, 3.05) is 13.1 Å². The van der Waals surface area contributed by atoms with Crippen molar-refractivity contribution in [2.45, 2.75) is 63.2 Å². The Kier molecular flexibility index (Phi) is 9.66. The van der Waals surface area contributed by atoms with Gasteiger partial charge in [0.1, 0.15) is 18.1 Å². The summed E-state index contributed by atoms with van der Waals surface area (Å²) in [5.41, 5.74) is 18.7. The molecule has 0 radical (unpaired) electrons. The number of hydrogen-bond donors (Lipinski definition) is 7. The van der Waals surface area contributed by atoms with E-state index in [0.717, 1.165) is 16.5 Å². The Morgan fingerprint density at radius 2 is 1.92 bits per heavy atom. The quantitative estimate of drug-likeness (QED) is 0.104. The molecule has 3 amide bonds. The number of aromatic amines is 1. The molecule has 0 spiro atoms. The van der Waals surface area contributed by atoms with Crippen molar-refractivity contribution >= 4 is 40.6 Å². The Bertz CT molecular complexity index is 1190. The number of carbonyl (C=O) groups excluding carboxylic acids is 3. The molecule has 1 fully saturated rings. The molecular formula is C25H36N8O5. The maximum Gasteiger partial charge on any atom is 0.326 e. The Balaban J connectivity index is 1.65. The zero-order valence-corrected chi connectivity index (χ0v) is 21.4. The molecule has 1 saturated heterocycles. The lowest BCUT2D eigenvalue weighted by Crippen LogP contribution is -2.56. The fourth-order valence-corrected chi connectivity index (χ4v) is 4.59. The summed E-state index contributed by atoms with van der Waals surface area (Å²) in [5.74, 6) is -2.78. The van der Waals surface area contributed by atoms with Crippen molar-refractivity contribution < 1.29 is 24.3 Å². The van der Waals surface area contributed by atoms with Crippen LogP contribution in [0.5, 0.6) is 0 Å². The first kappa shape index (κ1) is 28.4. The number of aliphatic carboxylic acids is 1. The lowest BCUT2D eigenvalue weighted by molar-refractivity contribution is -0.149. The number of aromatic nitrogens is 1. The normalized spacial score (nSPS) is 17.4. The van der Waals surface area contributed by atoms with E-state index in [1.807, 2.05) is 24.3 Å². The first-order chi connectivity index (χ1) is 18.1. The predicted molar refractivity (Wildman–Crippen MR) is 142 cm³/mol. The van der Waals surface area contributed by atoms with Gasteiger partial charge in [0.15, 0.2) is 5.96 Å². The van der Waals surface area contributed by atoms with Crippen LogP contribution in [0.25, 0.3) is 10.9 Å². The maximum absolute atomic E-state index is 13.1. The summed E-state index contributed by atoms with van der Waals surface area (Å²) in [5, 5.41) is 15.6. The van der Waals surface area contributed by atoms with Crippen LogP contribution in [0.1, 0.15) is 38.2 Å². The third-order valence-electron chi connectivity index (χ3n) is 6.58. The second kappa shape index (κ2) is 12.9. The third-order valence-corrected chi connectivity index (χ3v) is 6.58. The van der Waals surface area contributed by atoms with Crippen molar-refractivity contribution in [3.8, 4) is 0 Å². The van der Waals surface area contributed by atoms with E-state index in [0.29, 0.717) is 25.8 Å². The number of rotatable bonds is 12. The molecule has 13 heteroatoms. The minimum Gasteiger partial charge on any atom is -0.480 e. The number of benzene rings is 1. The number of nitrogens with two attached hydrogens (primary N) is 3. The monoisotopic (exact) mass is 528 g/mol. The van der Waals surface area contributed by atoms with Crippen molar-refractivity contribution in [1.29, 1.82) is 0 Å². The number of fused-ring (bicyclic) bond motifs is 1. The summed E-state index contributed by atoms with van der Waals surface area (Å²) >= 11 is 0. The summed E-state index contributed by atoms with van der Waals surface area (Å²) in [4.78, 5) is 58.7. The summed E-state index contributed by atoms with van der Waals surface area (Å²) < 4.78 is 0. The number of guanidine groups is 1. The molecule has 4 atom stereocenters. The van der Waals surface area contributed by atoms with E-state index in [2.05, 4.69) is 20.6 Å². The van der Waals surface area contributed by atoms with Crippen molar-refractivity contribution in [3.63, 3.8) is 0 Å². The molecule has 1 aromatic heterocycles. The molecule has 13 nitrogen and oxygen atoms in total. The first-order valence-electron chi connectivity index (χ1n) is 12.6. The van der Waals surface area contributed by atoms with Crippen molar-refractivity contribution in [3.05, 3.63) is 36.0 Å². The van der Waals surface area contributed by atoms with Gasteiger partial charge in [0, 0.05) is 30.2 Å². The van der Waals surface area contributed by atoms with Gasteiger partial charge in [0.2, 0.25) is 17.7 Å². The topological polar surface area (TPSA) is 222 Å². The summed E-state index contributed by atoms with van der Waals surface area (Å²) in [7, 11) is 0. The first-order valence-corrected chi connectivity index (χ1v) is 12.6. The van der Waals surface area contributed by atoms with Crippen LogP contribution >= 0.6 is 0 Å². The van der Waals surface area contributed by atoms with Gasteiger partial charge in [-0.25, -0.2) is 4.79 Å². The van der Waals surface area contributed by atoms with Gasteiger partial charge < -0.3 is 42.8 Å². The SMILES string of the molecule is CC(NC(=O)C(CCCN=C(N)N)NC(=O)C(N)Cc1c[nH]c2ccccc12)C(=O)N1CCCC1C(=O)O. The second-order valence-corrected chi connectivity index (χ2v) is 9.44. The third kappa shape index (κ3) is 7.22. The van der Waals surface area contributed by atoms with Crippen molar-refractivity contribution in [1.82, 2.24) is 20.5 Å². The minimum atomic E-state index is -1.08. The Labute approximate surface area is 220 Å². The van der Waals surface area contributed by atoms with Gasteiger partial charge in [-0.2, -0.15) is 0 Å². The largest absolute Gasteiger partial charge is 0.480 e. The lowest BCUT2D eigenvalue weighted by Gasteiger charge is -2.27. The molecule has 3 rings (SSSR count). The van der Waals surface area contributed by atoms with E-state index in [1.54, 1.807) is 6.20 Å². The van der Waals surface area contributed by atoms with Crippen LogP contribution in [-0.4, -0.2) is 81.9 Å². The van der Waals surface area contributed by atoms with Gasteiger partial charge in [-0.05, 0) is 50.7 Å². The van der Waals surface area contributed by atoms with Crippen LogP contribution in [0.2, 0.25) is 0 Å². The number of hydrogen-bond acceptors (Lipinski definition) is 6. The van der Waals surface area contributed by atoms with Gasteiger partial charge >= 0.3 is 5.97 Å². The Morgan fingerprint density at radius 3 is 2.63 bits per heavy atom. The standard InChI is InChI=1S/C25H36N8O5/c1-14(23(36)33-11-5-9-20(33)24(37)38)31-22(35)19(8-4-10-29-25(27)28)32-21(34)17(26)12-15-13-30-18-7-3-2-6-16(15)18/h2-3,6-7,13-14,17,19-20,30H,4-5,8-12,26H2,1H3,(H,31,35)(H,32,34)(H,37,38)(H4,27,28,29). The average Bonchev–Trinajstić information content (AvgIpc) is 3.53. The van der Waals surface area contributed by atoms with E-state index in [4.69, 9.17) is 17.2 Å². The smallest absolute Gasteiger partial charge is 0.326 e. The summed E-state index contributed by atoms with van der Waals surface area (Å²) in [6.07, 6.45) is 3.55. The Hall–Kier alpha value is -4.13. The van der Waals surface area contributed by atoms with E-state index >= 15 is 0 Å². The molecule has 38 heavy (non-hydrogen) atoms. The van der Waals surface area contributed by atoms with E-state index < -0.39 is 47.9 Å². The lowest BCUT2D eigenvalue weighted by atomic mass is 10.0. The van der Waals surface area contributed by atoms with Crippen LogP contribution in [0.15, 0.2) is 35.5 Å². The van der Waals surface area contributed by atoms with Crippen LogP contribution in [0, 0.1) is 0 Å². The van der Waals surface area contributed by atoms with Gasteiger partial charge in [-0.15, -0.1) is 0 Å². The fourth-order valence-electron chi connectivity index (χ4n) is 4.59. The van der Waals surface area contributed by atoms with Gasteiger partial charge in [-0.3, -0.25) is 19.4 Å². The van der Waals surface area contributed by atoms with Gasteiger partial charge in [-0.1, -0.05) is 18.2 Å². The molecule has 206 valence electrons. The van der Waals surface area contributed by atoms with Gasteiger partial charge in [0.25, 0.3) is 0 Å². The molecule has 0 bridgehead atoms. The molecule has 1 aliphatic heterocycles. The highest BCUT2D eigenvalue weighted by Gasteiger charge is 2.37. The number of likely N-dealkylation sites (tertiary alicyclic amines) is 1. The number of carbonyl (C=O) groups is 4. The minimum absolute atomic E-state index is 0.0893. The van der Waals surface area contributed by atoms with Crippen LogP contribution in [0.4, 0.5) is 0 Å². The average molecular weight is 529 g/mol. The highest BCUT2D eigenvalue weighted by molar-refractivity contribution is 5.94. The predicted octanol–water partition coefficient (Wildman–Crippen LogP) is -0.844. The van der Waals surface area contributed by atoms with E-state index in [1.165, 1.54) is 11.8 Å². The molecule has 4 unspecified atom stereocenters. The number of amides is 3. The van der Waals surface area contributed by atoms with Crippen molar-refractivity contribution in [2.24, 2.45) is 22.2 Å². The Morgan fingerprint density at radius 1 is 1.18 bits per heavy atom. The number of H-pyrrole nitrogens is 1. The van der Waals surface area contributed by atoms with Gasteiger partial charge in [0.05, 0.1) is 6.04 Å². The van der Waals surface area contributed by atoms with Crippen LogP contribution in [-0.2, 0) is 25.6 Å². The molecule has 0 aliphatic carbocycles. The molecule has 2 heterocycles. The number of nitrogens with zero attached hydrogens (tertiary/aromatic N) is 2. The molecule has 0 saturated carbocycles. The fraction of sp³-hybridized carbons (Fsp3) is 0.480. The van der Waals surface area contributed by atoms with Crippen LogP contribution in [0.3, 0.4) is 0 Å². The summed E-state index contributed by atoms with van der Waals surface area (Å²) in [6.45, 7) is 2.03. The zero-order valence-electron chi connectivity index (χ0n) is 21.4. The molecule has 10 N–H and O–H groups in total. The number of para-hydroxylation sites is 1. The van der Waals surface area contributed by atoms with E-state index in [9.17, 15) is 24.3 Å². The molecular weight excluding hydrogens is 492 g/mol. The highest BCUT2D eigenvalue weighted by atomic mass is 16.4. The molecule has 1 aliphatic rings. The number of carboxylic acids is 1. The van der Waals surface area contributed by atoms with Crippen LogP contribution < -0.4 is 27.8 Å². The second-order valence-electron chi connectivity index (χ2n) is 9.44. The number of aliphatic imine (C=N–C) groups is 1. The van der Waals surface area contributed by atoms with E-state index in [-0.39, 0.29) is 25.3 Å². The molecule has 2 aromatic rings. The molecule has 1 aromatic carbocycles.